The van der Waals surface area contributed by atoms with Crippen molar-refractivity contribution in [2.75, 3.05) is 31.7 Å². The van der Waals surface area contributed by atoms with Crippen molar-refractivity contribution in [1.29, 1.82) is 0 Å². The minimum absolute atomic E-state index is 0.192. The van der Waals surface area contributed by atoms with Gasteiger partial charge in [0.05, 0.1) is 19.8 Å². The van der Waals surface area contributed by atoms with Gasteiger partial charge in [-0.2, -0.15) is 0 Å². The van der Waals surface area contributed by atoms with Crippen molar-refractivity contribution in [2.45, 2.75) is 13.0 Å². The second-order valence-corrected chi connectivity index (χ2v) is 4.47. The Labute approximate surface area is 117 Å². The normalized spacial score (nSPS) is 18.0. The number of aryl methyl sites for hydroxylation is 1. The lowest BCUT2D eigenvalue weighted by Crippen LogP contribution is -2.39. The van der Waals surface area contributed by atoms with Gasteiger partial charge in [-0.05, 0) is 30.7 Å². The van der Waals surface area contributed by atoms with Crippen molar-refractivity contribution in [1.82, 2.24) is 0 Å². The van der Waals surface area contributed by atoms with E-state index in [1.54, 1.807) is 6.07 Å². The molecule has 0 aromatic heterocycles. The van der Waals surface area contributed by atoms with Crippen molar-refractivity contribution < 1.29 is 19.4 Å². The third-order valence-electron chi connectivity index (χ3n) is 2.77. The number of ether oxygens (including phenoxy) is 2. The van der Waals surface area contributed by atoms with Crippen LogP contribution in [0.2, 0.25) is 0 Å². The molecule has 2 rings (SSSR count). The highest BCUT2D eigenvalue weighted by molar-refractivity contribution is 5.94. The third-order valence-corrected chi connectivity index (χ3v) is 2.77. The molecule has 1 heterocycles. The maximum Gasteiger partial charge on any atom is 0.255 e. The van der Waals surface area contributed by atoms with Crippen molar-refractivity contribution >= 4 is 11.6 Å². The van der Waals surface area contributed by atoms with Crippen LogP contribution in [0.1, 0.15) is 11.1 Å². The van der Waals surface area contributed by atoms with Crippen molar-refractivity contribution in [3.05, 3.63) is 29.3 Å². The van der Waals surface area contributed by atoms with Gasteiger partial charge in [-0.25, -0.2) is 0 Å². The van der Waals surface area contributed by atoms with Crippen LogP contribution >= 0.6 is 0 Å². The zero-order valence-corrected chi connectivity index (χ0v) is 11.3. The predicted molar refractivity (Wildman–Crippen MR) is 74.3 cm³/mol. The Hall–Kier alpha value is -1.87. The molecule has 5 nitrogen and oxygen atoms in total. The first-order valence-corrected chi connectivity index (χ1v) is 6.40. The van der Waals surface area contributed by atoms with Gasteiger partial charge in [0, 0.05) is 11.3 Å². The molecule has 0 bridgehead atoms. The fourth-order valence-electron chi connectivity index (χ4n) is 1.93. The molecule has 1 aliphatic rings. The number of hydrogen-bond acceptors (Lipinski definition) is 4. The van der Waals surface area contributed by atoms with Crippen molar-refractivity contribution in [2.24, 2.45) is 0 Å². The van der Waals surface area contributed by atoms with Crippen LogP contribution in [0.5, 0.6) is 0 Å². The highest BCUT2D eigenvalue weighted by atomic mass is 16.6. The lowest BCUT2D eigenvalue weighted by Gasteiger charge is -2.22. The maximum atomic E-state index is 12.0. The number of amides is 1. The topological polar surface area (TPSA) is 67.8 Å². The van der Waals surface area contributed by atoms with Crippen LogP contribution in [0, 0.1) is 18.8 Å². The molecule has 0 spiro atoms. The lowest BCUT2D eigenvalue weighted by atomic mass is 10.1. The Morgan fingerprint density at radius 3 is 3.00 bits per heavy atom. The molecule has 20 heavy (non-hydrogen) atoms. The Kier molecular flexibility index (Phi) is 5.13. The van der Waals surface area contributed by atoms with Crippen molar-refractivity contribution in [3.63, 3.8) is 0 Å². The van der Waals surface area contributed by atoms with Gasteiger partial charge in [-0.15, -0.1) is 0 Å². The van der Waals surface area contributed by atoms with Crippen LogP contribution in [0.4, 0.5) is 5.69 Å². The van der Waals surface area contributed by atoms with Gasteiger partial charge in [0.15, 0.2) is 6.10 Å². The number of aliphatic hydroxyl groups excluding tert-OH is 1. The van der Waals surface area contributed by atoms with Gasteiger partial charge < -0.3 is 19.9 Å². The second-order valence-electron chi connectivity index (χ2n) is 4.47. The van der Waals surface area contributed by atoms with Crippen LogP contribution in [0.15, 0.2) is 18.2 Å². The fraction of sp³-hybridized carbons (Fsp3) is 0.400. The van der Waals surface area contributed by atoms with Crippen LogP contribution < -0.4 is 5.32 Å². The van der Waals surface area contributed by atoms with E-state index in [0.717, 1.165) is 11.1 Å². The molecular weight excluding hydrogens is 258 g/mol. The fourth-order valence-corrected chi connectivity index (χ4v) is 1.93. The molecule has 1 saturated heterocycles. The highest BCUT2D eigenvalue weighted by Gasteiger charge is 2.22. The van der Waals surface area contributed by atoms with E-state index in [9.17, 15) is 4.79 Å². The molecule has 1 atom stereocenters. The molecule has 5 heteroatoms. The Morgan fingerprint density at radius 2 is 2.30 bits per heavy atom. The van der Waals surface area contributed by atoms with Gasteiger partial charge in [-0.3, -0.25) is 4.79 Å². The van der Waals surface area contributed by atoms with Gasteiger partial charge in [0.2, 0.25) is 0 Å². The van der Waals surface area contributed by atoms with E-state index in [-0.39, 0.29) is 19.1 Å². The molecule has 0 saturated carbocycles. The lowest BCUT2D eigenvalue weighted by molar-refractivity contribution is -0.142. The summed E-state index contributed by atoms with van der Waals surface area (Å²) >= 11 is 0. The summed E-state index contributed by atoms with van der Waals surface area (Å²) in [7, 11) is 0. The van der Waals surface area contributed by atoms with Crippen LogP contribution in [-0.4, -0.2) is 43.5 Å². The minimum atomic E-state index is -0.573. The number of carbonyl (C=O) groups is 1. The molecule has 0 aliphatic carbocycles. The van der Waals surface area contributed by atoms with Gasteiger partial charge in [0.1, 0.15) is 6.61 Å². The van der Waals surface area contributed by atoms with Crippen LogP contribution in [-0.2, 0) is 14.3 Å². The summed E-state index contributed by atoms with van der Waals surface area (Å²) < 4.78 is 10.5. The smallest absolute Gasteiger partial charge is 0.255 e. The molecule has 1 aliphatic heterocycles. The summed E-state index contributed by atoms with van der Waals surface area (Å²) in [6.45, 7) is 2.95. The molecule has 1 aromatic carbocycles. The standard InChI is InChI=1S/C15H17NO4/c1-11-7-12(3-2-4-17)9-13(8-11)16-15(18)14-10-19-5-6-20-14/h7-9,14,17H,4-6,10H2,1H3,(H,16,18). The highest BCUT2D eigenvalue weighted by Crippen LogP contribution is 2.15. The molecule has 1 aromatic rings. The van der Waals surface area contributed by atoms with E-state index in [0.29, 0.717) is 18.9 Å². The Morgan fingerprint density at radius 1 is 1.45 bits per heavy atom. The van der Waals surface area contributed by atoms with E-state index in [1.165, 1.54) is 0 Å². The molecule has 106 valence electrons. The molecule has 1 unspecified atom stereocenters. The van der Waals surface area contributed by atoms with E-state index in [4.69, 9.17) is 14.6 Å². The summed E-state index contributed by atoms with van der Waals surface area (Å²) in [6, 6.07) is 5.50. The number of nitrogens with one attached hydrogen (secondary N) is 1. The van der Waals surface area contributed by atoms with E-state index >= 15 is 0 Å². The van der Waals surface area contributed by atoms with Gasteiger partial charge >= 0.3 is 0 Å². The minimum Gasteiger partial charge on any atom is -0.384 e. The number of rotatable bonds is 2. The number of anilines is 1. The number of benzene rings is 1. The number of carbonyl (C=O) groups excluding carboxylic acids is 1. The molecule has 2 N–H and O–H groups in total. The summed E-state index contributed by atoms with van der Waals surface area (Å²) in [5.41, 5.74) is 2.38. The zero-order valence-electron chi connectivity index (χ0n) is 11.3. The molecule has 1 amide bonds. The molecule has 0 radical (unpaired) electrons. The average molecular weight is 275 g/mol. The summed E-state index contributed by atoms with van der Waals surface area (Å²) in [5.74, 6) is 5.18. The first-order chi connectivity index (χ1) is 9.69. The van der Waals surface area contributed by atoms with Crippen LogP contribution in [0.25, 0.3) is 0 Å². The molecule has 1 fully saturated rings. The Bertz CT molecular complexity index is 539. The average Bonchev–Trinajstić information content (AvgIpc) is 2.45. The second kappa shape index (κ2) is 7.06. The molecular formula is C15H17NO4. The van der Waals surface area contributed by atoms with E-state index in [1.807, 2.05) is 19.1 Å². The summed E-state index contributed by atoms with van der Waals surface area (Å²) in [5, 5.41) is 11.5. The summed E-state index contributed by atoms with van der Waals surface area (Å²) in [4.78, 5) is 12.0. The third kappa shape index (κ3) is 4.07. The first kappa shape index (κ1) is 14.5. The van der Waals surface area contributed by atoms with E-state index < -0.39 is 6.10 Å². The predicted octanol–water partition coefficient (Wildman–Crippen LogP) is 0.693. The number of hydrogen-bond donors (Lipinski definition) is 2. The zero-order chi connectivity index (χ0) is 14.4. The van der Waals surface area contributed by atoms with Gasteiger partial charge in [0.25, 0.3) is 5.91 Å². The monoisotopic (exact) mass is 275 g/mol. The first-order valence-electron chi connectivity index (χ1n) is 6.40. The number of aliphatic hydroxyl groups is 1. The van der Waals surface area contributed by atoms with Gasteiger partial charge in [-0.1, -0.05) is 11.8 Å². The Balaban J connectivity index is 2.08. The van der Waals surface area contributed by atoms with Crippen molar-refractivity contribution in [3.8, 4) is 11.8 Å². The SMILES string of the molecule is Cc1cc(C#CCO)cc(NC(=O)C2COCCO2)c1. The maximum absolute atomic E-state index is 12.0. The quantitative estimate of drug-likeness (QED) is 0.779. The van der Waals surface area contributed by atoms with E-state index in [2.05, 4.69) is 17.2 Å². The summed E-state index contributed by atoms with van der Waals surface area (Å²) in [6.07, 6.45) is -0.573. The largest absolute Gasteiger partial charge is 0.384 e. The van der Waals surface area contributed by atoms with Crippen LogP contribution in [0.3, 0.4) is 0 Å².